The molecule has 1 aliphatic rings. The SMILES string of the molecule is N#C/C(=C/N1CCOCC1)C(=O)NC=O. The van der Waals surface area contributed by atoms with Crippen LogP contribution in [0.4, 0.5) is 0 Å². The van der Waals surface area contributed by atoms with E-state index in [9.17, 15) is 9.59 Å². The number of nitrogens with one attached hydrogen (secondary N) is 1. The lowest BCUT2D eigenvalue weighted by Crippen LogP contribution is -2.33. The van der Waals surface area contributed by atoms with Crippen molar-refractivity contribution in [2.75, 3.05) is 26.3 Å². The van der Waals surface area contributed by atoms with E-state index in [4.69, 9.17) is 10.00 Å². The van der Waals surface area contributed by atoms with E-state index >= 15 is 0 Å². The average Bonchev–Trinajstić information content (AvgIpc) is 2.27. The lowest BCUT2D eigenvalue weighted by atomic mass is 10.3. The number of rotatable bonds is 3. The maximum atomic E-state index is 11.2. The van der Waals surface area contributed by atoms with Gasteiger partial charge in [-0.15, -0.1) is 0 Å². The van der Waals surface area contributed by atoms with Crippen LogP contribution in [0.2, 0.25) is 0 Å². The molecule has 0 bridgehead atoms. The van der Waals surface area contributed by atoms with Crippen LogP contribution in [0.5, 0.6) is 0 Å². The Morgan fingerprint density at radius 2 is 2.13 bits per heavy atom. The van der Waals surface area contributed by atoms with Crippen LogP contribution in [0.15, 0.2) is 11.8 Å². The molecule has 80 valence electrons. The number of carbonyl (C=O) groups excluding carboxylic acids is 2. The van der Waals surface area contributed by atoms with Gasteiger partial charge in [-0.2, -0.15) is 5.26 Å². The molecule has 0 aromatic heterocycles. The molecule has 0 aliphatic carbocycles. The summed E-state index contributed by atoms with van der Waals surface area (Å²) in [5.41, 5.74) is -0.0796. The monoisotopic (exact) mass is 209 g/mol. The lowest BCUT2D eigenvalue weighted by molar-refractivity contribution is -0.122. The van der Waals surface area contributed by atoms with Gasteiger partial charge in [-0.25, -0.2) is 0 Å². The first kappa shape index (κ1) is 11.2. The second kappa shape index (κ2) is 5.78. The summed E-state index contributed by atoms with van der Waals surface area (Å²) in [6, 6.07) is 1.74. The fraction of sp³-hybridized carbons (Fsp3) is 0.444. The van der Waals surface area contributed by atoms with Gasteiger partial charge in [-0.1, -0.05) is 0 Å². The Hall–Kier alpha value is -1.87. The van der Waals surface area contributed by atoms with E-state index in [1.54, 1.807) is 6.07 Å². The summed E-state index contributed by atoms with van der Waals surface area (Å²) in [4.78, 5) is 23.0. The second-order valence-electron chi connectivity index (χ2n) is 2.89. The highest BCUT2D eigenvalue weighted by atomic mass is 16.5. The molecule has 1 heterocycles. The fourth-order valence-electron chi connectivity index (χ4n) is 1.16. The molecule has 6 heteroatoms. The van der Waals surface area contributed by atoms with Gasteiger partial charge in [0.1, 0.15) is 11.6 Å². The number of nitrogens with zero attached hydrogens (tertiary/aromatic N) is 2. The van der Waals surface area contributed by atoms with Crippen LogP contribution < -0.4 is 5.32 Å². The van der Waals surface area contributed by atoms with Gasteiger partial charge >= 0.3 is 0 Å². The second-order valence-corrected chi connectivity index (χ2v) is 2.89. The largest absolute Gasteiger partial charge is 0.378 e. The van der Waals surface area contributed by atoms with Crippen molar-refractivity contribution in [1.29, 1.82) is 5.26 Å². The topological polar surface area (TPSA) is 82.4 Å². The Labute approximate surface area is 87.1 Å². The molecule has 1 aliphatic heterocycles. The Kier molecular flexibility index (Phi) is 4.31. The minimum absolute atomic E-state index is 0.0796. The van der Waals surface area contributed by atoms with Gasteiger partial charge in [-0.05, 0) is 0 Å². The zero-order chi connectivity index (χ0) is 11.1. The predicted molar refractivity (Wildman–Crippen MR) is 50.3 cm³/mol. The zero-order valence-electron chi connectivity index (χ0n) is 8.10. The first-order valence-electron chi connectivity index (χ1n) is 4.46. The summed E-state index contributed by atoms with van der Waals surface area (Å²) < 4.78 is 5.11. The van der Waals surface area contributed by atoms with Crippen molar-refractivity contribution >= 4 is 12.3 Å². The third-order valence-electron chi connectivity index (χ3n) is 1.91. The number of hydrogen-bond acceptors (Lipinski definition) is 5. The normalized spacial score (nSPS) is 16.7. The number of morpholine rings is 1. The number of carbonyl (C=O) groups is 2. The maximum absolute atomic E-state index is 11.2. The third-order valence-corrected chi connectivity index (χ3v) is 1.91. The van der Waals surface area contributed by atoms with Crippen molar-refractivity contribution < 1.29 is 14.3 Å². The molecule has 0 spiro atoms. The molecule has 0 radical (unpaired) electrons. The molecular formula is C9H11N3O3. The molecular weight excluding hydrogens is 198 g/mol. The quantitative estimate of drug-likeness (QED) is 0.366. The van der Waals surface area contributed by atoms with E-state index in [1.165, 1.54) is 6.20 Å². The maximum Gasteiger partial charge on any atom is 0.269 e. The average molecular weight is 209 g/mol. The van der Waals surface area contributed by atoms with Crippen molar-refractivity contribution in [3.8, 4) is 6.07 Å². The summed E-state index contributed by atoms with van der Waals surface area (Å²) in [5, 5.41) is 10.6. The number of ether oxygens (including phenoxy) is 1. The van der Waals surface area contributed by atoms with Crippen molar-refractivity contribution in [3.63, 3.8) is 0 Å². The summed E-state index contributed by atoms with van der Waals surface area (Å²) in [6.45, 7) is 2.42. The number of hydrogen-bond donors (Lipinski definition) is 1. The van der Waals surface area contributed by atoms with Crippen LogP contribution in [0, 0.1) is 11.3 Å². The van der Waals surface area contributed by atoms with Gasteiger partial charge in [0.25, 0.3) is 5.91 Å². The standard InChI is InChI=1S/C9H11N3O3/c10-5-8(9(14)11-7-13)6-12-1-3-15-4-2-12/h6-7H,1-4H2,(H,11,13,14)/b8-6-. The van der Waals surface area contributed by atoms with E-state index in [2.05, 4.69) is 0 Å². The van der Waals surface area contributed by atoms with Gasteiger partial charge in [0.2, 0.25) is 6.41 Å². The number of nitriles is 1. The minimum Gasteiger partial charge on any atom is -0.378 e. The van der Waals surface area contributed by atoms with Crippen LogP contribution in [-0.2, 0) is 14.3 Å². The van der Waals surface area contributed by atoms with E-state index < -0.39 is 5.91 Å². The van der Waals surface area contributed by atoms with Gasteiger partial charge in [0.15, 0.2) is 0 Å². The Morgan fingerprint density at radius 1 is 1.47 bits per heavy atom. The van der Waals surface area contributed by atoms with E-state index in [-0.39, 0.29) is 12.0 Å². The van der Waals surface area contributed by atoms with Crippen LogP contribution >= 0.6 is 0 Å². The van der Waals surface area contributed by atoms with Crippen molar-refractivity contribution in [3.05, 3.63) is 11.8 Å². The van der Waals surface area contributed by atoms with E-state index in [0.29, 0.717) is 26.3 Å². The first-order valence-corrected chi connectivity index (χ1v) is 4.46. The van der Waals surface area contributed by atoms with E-state index in [0.717, 1.165) is 0 Å². The summed E-state index contributed by atoms with van der Waals surface area (Å²) in [5.74, 6) is -0.681. The zero-order valence-corrected chi connectivity index (χ0v) is 8.10. The highest BCUT2D eigenvalue weighted by Crippen LogP contribution is 2.01. The number of imide groups is 1. The van der Waals surface area contributed by atoms with Crippen LogP contribution in [0.3, 0.4) is 0 Å². The van der Waals surface area contributed by atoms with Crippen LogP contribution in [-0.4, -0.2) is 43.5 Å². The summed E-state index contributed by atoms with van der Waals surface area (Å²) in [6.07, 6.45) is 1.70. The Balaban J connectivity index is 2.63. The molecule has 0 atom stereocenters. The summed E-state index contributed by atoms with van der Waals surface area (Å²) >= 11 is 0. The molecule has 0 saturated carbocycles. The summed E-state index contributed by atoms with van der Waals surface area (Å²) in [7, 11) is 0. The molecule has 1 fully saturated rings. The molecule has 6 nitrogen and oxygen atoms in total. The van der Waals surface area contributed by atoms with Gasteiger partial charge in [0.05, 0.1) is 13.2 Å². The predicted octanol–water partition coefficient (Wildman–Crippen LogP) is -1.00. The molecule has 1 N–H and O–H groups in total. The molecule has 0 aromatic rings. The fourth-order valence-corrected chi connectivity index (χ4v) is 1.16. The van der Waals surface area contributed by atoms with E-state index in [1.807, 2.05) is 10.2 Å². The Morgan fingerprint density at radius 3 is 2.67 bits per heavy atom. The molecule has 1 rings (SSSR count). The smallest absolute Gasteiger partial charge is 0.269 e. The molecule has 0 aromatic carbocycles. The van der Waals surface area contributed by atoms with Crippen LogP contribution in [0.25, 0.3) is 0 Å². The third kappa shape index (κ3) is 3.40. The molecule has 0 unspecified atom stereocenters. The lowest BCUT2D eigenvalue weighted by Gasteiger charge is -2.25. The van der Waals surface area contributed by atoms with Crippen LogP contribution in [0.1, 0.15) is 0 Å². The Bertz CT molecular complexity index is 313. The molecule has 2 amide bonds. The number of amides is 2. The van der Waals surface area contributed by atoms with Gasteiger partial charge in [-0.3, -0.25) is 14.9 Å². The van der Waals surface area contributed by atoms with Crippen molar-refractivity contribution in [2.45, 2.75) is 0 Å². The minimum atomic E-state index is -0.681. The first-order chi connectivity index (χ1) is 7.27. The van der Waals surface area contributed by atoms with Gasteiger partial charge in [0, 0.05) is 19.3 Å². The van der Waals surface area contributed by atoms with Crippen molar-refractivity contribution in [2.24, 2.45) is 0 Å². The van der Waals surface area contributed by atoms with Gasteiger partial charge < -0.3 is 9.64 Å². The highest BCUT2D eigenvalue weighted by Gasteiger charge is 2.12. The highest BCUT2D eigenvalue weighted by molar-refractivity contribution is 6.02. The molecule has 1 saturated heterocycles. The van der Waals surface area contributed by atoms with Crippen molar-refractivity contribution in [1.82, 2.24) is 10.2 Å². The molecule has 15 heavy (non-hydrogen) atoms.